The molecule has 6 heteroatoms. The van der Waals surface area contributed by atoms with Gasteiger partial charge in [0.05, 0.1) is 16.0 Å². The fourth-order valence-electron chi connectivity index (χ4n) is 2.43. The topological polar surface area (TPSA) is 94.1 Å². The number of aromatic nitrogens is 1. The lowest BCUT2D eigenvalue weighted by molar-refractivity contribution is -0.383. The number of benzene rings is 1. The van der Waals surface area contributed by atoms with Crippen LogP contribution in [0.5, 0.6) is 0 Å². The standard InChI is InChI=1S/C13H14N4O2/c14-8-6-9(7-8)16-11-3-4-12(17(18)19)10-2-1-5-15-13(10)11/h1-5,8-9,16H,6-7,14H2. The van der Waals surface area contributed by atoms with Crippen LogP contribution in [0, 0.1) is 10.1 Å². The minimum Gasteiger partial charge on any atom is -0.380 e. The average molecular weight is 258 g/mol. The molecule has 2 aromatic rings. The van der Waals surface area contributed by atoms with Crippen LogP contribution in [0.25, 0.3) is 10.9 Å². The molecule has 0 aliphatic heterocycles. The van der Waals surface area contributed by atoms with Gasteiger partial charge in [-0.2, -0.15) is 0 Å². The summed E-state index contributed by atoms with van der Waals surface area (Å²) in [6.07, 6.45) is 3.49. The fraction of sp³-hybridized carbons (Fsp3) is 0.308. The molecule has 3 rings (SSSR count). The van der Waals surface area contributed by atoms with Gasteiger partial charge in [-0.25, -0.2) is 0 Å². The molecular formula is C13H14N4O2. The van der Waals surface area contributed by atoms with Gasteiger partial charge in [0.15, 0.2) is 0 Å². The van der Waals surface area contributed by atoms with Gasteiger partial charge < -0.3 is 11.1 Å². The summed E-state index contributed by atoms with van der Waals surface area (Å²) in [5.74, 6) is 0. The number of nitrogens with two attached hydrogens (primary N) is 1. The van der Waals surface area contributed by atoms with Gasteiger partial charge in [-0.1, -0.05) is 0 Å². The molecule has 3 N–H and O–H groups in total. The van der Waals surface area contributed by atoms with Crippen LogP contribution in [0.2, 0.25) is 0 Å². The van der Waals surface area contributed by atoms with Crippen LogP contribution in [0.4, 0.5) is 11.4 Å². The maximum Gasteiger partial charge on any atom is 0.278 e. The first-order valence-electron chi connectivity index (χ1n) is 6.19. The Morgan fingerprint density at radius 1 is 1.37 bits per heavy atom. The van der Waals surface area contributed by atoms with Crippen molar-refractivity contribution in [2.45, 2.75) is 24.9 Å². The summed E-state index contributed by atoms with van der Waals surface area (Å²) in [6, 6.07) is 7.26. The highest BCUT2D eigenvalue weighted by Gasteiger charge is 2.26. The fourth-order valence-corrected chi connectivity index (χ4v) is 2.43. The molecule has 0 unspecified atom stereocenters. The van der Waals surface area contributed by atoms with E-state index in [1.807, 2.05) is 0 Å². The molecule has 0 amide bonds. The summed E-state index contributed by atoms with van der Waals surface area (Å²) < 4.78 is 0. The zero-order valence-electron chi connectivity index (χ0n) is 10.2. The van der Waals surface area contributed by atoms with Gasteiger partial charge >= 0.3 is 0 Å². The first-order chi connectivity index (χ1) is 9.15. The van der Waals surface area contributed by atoms with Crippen molar-refractivity contribution >= 4 is 22.3 Å². The van der Waals surface area contributed by atoms with E-state index >= 15 is 0 Å². The molecule has 6 nitrogen and oxygen atoms in total. The summed E-state index contributed by atoms with van der Waals surface area (Å²) in [6.45, 7) is 0. The third kappa shape index (κ3) is 2.10. The van der Waals surface area contributed by atoms with E-state index in [1.165, 1.54) is 6.07 Å². The highest BCUT2D eigenvalue weighted by Crippen LogP contribution is 2.32. The number of rotatable bonds is 3. The molecule has 0 spiro atoms. The number of hydrogen-bond donors (Lipinski definition) is 2. The quantitative estimate of drug-likeness (QED) is 0.649. The number of hydrogen-bond acceptors (Lipinski definition) is 5. The van der Waals surface area contributed by atoms with Crippen molar-refractivity contribution in [3.05, 3.63) is 40.6 Å². The Kier molecular flexibility index (Phi) is 2.79. The van der Waals surface area contributed by atoms with Gasteiger partial charge in [-0.05, 0) is 31.0 Å². The summed E-state index contributed by atoms with van der Waals surface area (Å²) in [7, 11) is 0. The molecule has 1 aromatic carbocycles. The van der Waals surface area contributed by atoms with Gasteiger partial charge in [-0.15, -0.1) is 0 Å². The number of nitrogens with zero attached hydrogens (tertiary/aromatic N) is 2. The number of fused-ring (bicyclic) bond motifs is 1. The Hall–Kier alpha value is -2.21. The van der Waals surface area contributed by atoms with Crippen LogP contribution < -0.4 is 11.1 Å². The Labute approximate surface area is 109 Å². The Bertz CT molecular complexity index is 638. The van der Waals surface area contributed by atoms with E-state index in [0.717, 1.165) is 18.5 Å². The highest BCUT2D eigenvalue weighted by atomic mass is 16.6. The number of nitro benzene ring substituents is 1. The first-order valence-corrected chi connectivity index (χ1v) is 6.19. The molecular weight excluding hydrogens is 244 g/mol. The van der Waals surface area contributed by atoms with E-state index in [1.54, 1.807) is 24.4 Å². The minimum atomic E-state index is -0.382. The average Bonchev–Trinajstić information content (AvgIpc) is 2.36. The first kappa shape index (κ1) is 11.9. The maximum atomic E-state index is 11.0. The minimum absolute atomic E-state index is 0.0824. The molecule has 0 atom stereocenters. The SMILES string of the molecule is NC1CC(Nc2ccc([N+](=O)[O-])c3cccnc23)C1. The summed E-state index contributed by atoms with van der Waals surface area (Å²) in [5.41, 5.74) is 7.30. The molecule has 1 saturated carbocycles. The normalized spacial score (nSPS) is 21.9. The molecule has 98 valence electrons. The zero-order valence-corrected chi connectivity index (χ0v) is 10.2. The van der Waals surface area contributed by atoms with Crippen LogP contribution in [-0.4, -0.2) is 22.0 Å². The molecule has 1 fully saturated rings. The lowest BCUT2D eigenvalue weighted by Gasteiger charge is -2.33. The van der Waals surface area contributed by atoms with Crippen molar-refractivity contribution < 1.29 is 4.92 Å². The van der Waals surface area contributed by atoms with Crippen molar-refractivity contribution in [2.75, 3.05) is 5.32 Å². The van der Waals surface area contributed by atoms with E-state index in [0.29, 0.717) is 16.9 Å². The predicted molar refractivity (Wildman–Crippen MR) is 73.0 cm³/mol. The van der Waals surface area contributed by atoms with Crippen LogP contribution in [0.3, 0.4) is 0 Å². The van der Waals surface area contributed by atoms with E-state index in [2.05, 4.69) is 10.3 Å². The smallest absolute Gasteiger partial charge is 0.278 e. The third-order valence-corrected chi connectivity index (χ3v) is 3.48. The Balaban J connectivity index is 2.01. The van der Waals surface area contributed by atoms with Gasteiger partial charge in [-0.3, -0.25) is 15.1 Å². The van der Waals surface area contributed by atoms with Crippen molar-refractivity contribution in [3.63, 3.8) is 0 Å². The summed E-state index contributed by atoms with van der Waals surface area (Å²) in [5, 5.41) is 14.9. The van der Waals surface area contributed by atoms with E-state index in [4.69, 9.17) is 5.73 Å². The Morgan fingerprint density at radius 2 is 2.16 bits per heavy atom. The molecule has 1 aliphatic carbocycles. The molecule has 0 saturated heterocycles. The van der Waals surface area contributed by atoms with Crippen LogP contribution >= 0.6 is 0 Å². The van der Waals surface area contributed by atoms with Crippen molar-refractivity contribution in [1.82, 2.24) is 4.98 Å². The van der Waals surface area contributed by atoms with Crippen LogP contribution in [0.1, 0.15) is 12.8 Å². The van der Waals surface area contributed by atoms with Crippen LogP contribution in [-0.2, 0) is 0 Å². The summed E-state index contributed by atoms with van der Waals surface area (Å²) in [4.78, 5) is 14.9. The number of pyridine rings is 1. The van der Waals surface area contributed by atoms with Crippen LogP contribution in [0.15, 0.2) is 30.5 Å². The number of nitro groups is 1. The maximum absolute atomic E-state index is 11.0. The summed E-state index contributed by atoms with van der Waals surface area (Å²) >= 11 is 0. The lowest BCUT2D eigenvalue weighted by Crippen LogP contribution is -2.44. The number of non-ortho nitro benzene ring substituents is 1. The van der Waals surface area contributed by atoms with Crippen molar-refractivity contribution in [3.8, 4) is 0 Å². The van der Waals surface area contributed by atoms with E-state index in [-0.39, 0.29) is 16.7 Å². The lowest BCUT2D eigenvalue weighted by atomic mass is 9.87. The molecule has 0 bridgehead atoms. The zero-order chi connectivity index (χ0) is 13.4. The second-order valence-corrected chi connectivity index (χ2v) is 4.86. The Morgan fingerprint density at radius 3 is 2.84 bits per heavy atom. The monoisotopic (exact) mass is 258 g/mol. The molecule has 1 heterocycles. The molecule has 1 aliphatic rings. The van der Waals surface area contributed by atoms with E-state index in [9.17, 15) is 10.1 Å². The second-order valence-electron chi connectivity index (χ2n) is 4.86. The molecule has 1 aromatic heterocycles. The van der Waals surface area contributed by atoms with Gasteiger partial charge in [0.1, 0.15) is 5.52 Å². The predicted octanol–water partition coefficient (Wildman–Crippen LogP) is 2.04. The van der Waals surface area contributed by atoms with Crippen molar-refractivity contribution in [2.24, 2.45) is 5.73 Å². The molecule has 19 heavy (non-hydrogen) atoms. The highest BCUT2D eigenvalue weighted by molar-refractivity contribution is 5.96. The van der Waals surface area contributed by atoms with Gasteiger partial charge in [0.25, 0.3) is 5.69 Å². The largest absolute Gasteiger partial charge is 0.380 e. The van der Waals surface area contributed by atoms with Gasteiger partial charge in [0, 0.05) is 24.3 Å². The molecule has 0 radical (unpaired) electrons. The third-order valence-electron chi connectivity index (χ3n) is 3.48. The number of nitrogens with one attached hydrogen (secondary N) is 1. The van der Waals surface area contributed by atoms with E-state index < -0.39 is 0 Å². The van der Waals surface area contributed by atoms with Gasteiger partial charge in [0.2, 0.25) is 0 Å². The second kappa shape index (κ2) is 4.47. The number of anilines is 1. The van der Waals surface area contributed by atoms with Crippen molar-refractivity contribution in [1.29, 1.82) is 0 Å².